The van der Waals surface area contributed by atoms with Gasteiger partial charge >= 0.3 is 0 Å². The van der Waals surface area contributed by atoms with Crippen molar-refractivity contribution in [3.05, 3.63) is 73.1 Å². The molecule has 0 atom stereocenters. The molecule has 0 fully saturated rings. The van der Waals surface area contributed by atoms with Gasteiger partial charge in [0.2, 0.25) is 0 Å². The maximum Gasteiger partial charge on any atom is 0.191 e. The van der Waals surface area contributed by atoms with Gasteiger partial charge in [-0.15, -0.1) is 16.8 Å². The number of thioether (sulfide) groups is 1. The minimum Gasteiger partial charge on any atom is -0.494 e. The number of rotatable bonds is 9. The van der Waals surface area contributed by atoms with Crippen LogP contribution < -0.4 is 4.74 Å². The van der Waals surface area contributed by atoms with E-state index in [1.165, 1.54) is 6.07 Å². The van der Waals surface area contributed by atoms with Crippen molar-refractivity contribution in [3.8, 4) is 17.1 Å². The van der Waals surface area contributed by atoms with Gasteiger partial charge in [0.05, 0.1) is 12.2 Å². The zero-order valence-corrected chi connectivity index (χ0v) is 15.2. The van der Waals surface area contributed by atoms with Gasteiger partial charge < -0.3 is 4.74 Å². The summed E-state index contributed by atoms with van der Waals surface area (Å²) in [6.45, 7) is 4.94. The van der Waals surface area contributed by atoms with Crippen LogP contribution in [0.5, 0.6) is 5.75 Å². The monoisotopic (exact) mass is 369 g/mol. The molecule has 1 heterocycles. The van der Waals surface area contributed by atoms with Crippen LogP contribution in [0.25, 0.3) is 11.4 Å². The highest BCUT2D eigenvalue weighted by molar-refractivity contribution is 7.99. The van der Waals surface area contributed by atoms with Gasteiger partial charge in [-0.3, -0.25) is 4.57 Å². The molecule has 0 unspecified atom stereocenters. The van der Waals surface area contributed by atoms with Crippen molar-refractivity contribution in [2.24, 2.45) is 0 Å². The van der Waals surface area contributed by atoms with Crippen LogP contribution in [0.2, 0.25) is 0 Å². The fraction of sp³-hybridized carbons (Fsp3) is 0.200. The zero-order valence-electron chi connectivity index (χ0n) is 14.3. The number of hydrogen-bond acceptors (Lipinski definition) is 4. The lowest BCUT2D eigenvalue weighted by atomic mass is 10.2. The summed E-state index contributed by atoms with van der Waals surface area (Å²) in [4.78, 5) is 0. The summed E-state index contributed by atoms with van der Waals surface area (Å²) in [5.74, 6) is 1.91. The largest absolute Gasteiger partial charge is 0.494 e. The third-order valence-electron chi connectivity index (χ3n) is 3.68. The molecule has 1 aromatic heterocycles. The number of aromatic nitrogens is 3. The van der Waals surface area contributed by atoms with Crippen molar-refractivity contribution in [2.75, 3.05) is 12.4 Å². The van der Waals surface area contributed by atoms with Gasteiger partial charge in [-0.2, -0.15) is 0 Å². The van der Waals surface area contributed by atoms with E-state index in [1.807, 2.05) is 34.9 Å². The molecule has 6 heteroatoms. The van der Waals surface area contributed by atoms with E-state index in [1.54, 1.807) is 36.0 Å². The summed E-state index contributed by atoms with van der Waals surface area (Å²) in [5.41, 5.74) is 0.445. The second-order valence-corrected chi connectivity index (χ2v) is 6.61. The van der Waals surface area contributed by atoms with Crippen molar-refractivity contribution < 1.29 is 9.13 Å². The molecule has 0 saturated carbocycles. The number of nitrogens with zero attached hydrogens (tertiary/aromatic N) is 3. The van der Waals surface area contributed by atoms with Crippen molar-refractivity contribution in [2.45, 2.75) is 18.1 Å². The third-order valence-corrected chi connectivity index (χ3v) is 4.73. The second-order valence-electron chi connectivity index (χ2n) is 5.55. The standard InChI is InChI=1S/C20H20FN3OS/c1-2-13-24-19(17-11-6-7-12-18(17)21)22-23-20(24)26-15-8-14-25-16-9-4-3-5-10-16/h2-7,9-12H,1,8,13-15H2. The lowest BCUT2D eigenvalue weighted by Crippen LogP contribution is -2.03. The number of benzene rings is 2. The summed E-state index contributed by atoms with van der Waals surface area (Å²) in [6.07, 6.45) is 2.63. The molecule has 4 nitrogen and oxygen atoms in total. The Bertz CT molecular complexity index is 851. The van der Waals surface area contributed by atoms with Crippen LogP contribution in [0.1, 0.15) is 6.42 Å². The van der Waals surface area contributed by atoms with Crippen LogP contribution in [0, 0.1) is 5.82 Å². The quantitative estimate of drug-likeness (QED) is 0.308. The fourth-order valence-electron chi connectivity index (χ4n) is 2.46. The predicted molar refractivity (Wildman–Crippen MR) is 103 cm³/mol. The lowest BCUT2D eigenvalue weighted by molar-refractivity contribution is 0.318. The summed E-state index contributed by atoms with van der Waals surface area (Å²) >= 11 is 1.58. The Morgan fingerprint density at radius 3 is 2.62 bits per heavy atom. The Balaban J connectivity index is 1.61. The van der Waals surface area contributed by atoms with Gasteiger partial charge in [-0.25, -0.2) is 4.39 Å². The molecule has 134 valence electrons. The molecule has 0 amide bonds. The van der Waals surface area contributed by atoms with Gasteiger partial charge in [0.15, 0.2) is 11.0 Å². The first-order valence-electron chi connectivity index (χ1n) is 8.39. The number of ether oxygens (including phenoxy) is 1. The topological polar surface area (TPSA) is 39.9 Å². The molecule has 3 aromatic rings. The Morgan fingerprint density at radius 2 is 1.85 bits per heavy atom. The maximum atomic E-state index is 14.1. The van der Waals surface area contributed by atoms with Gasteiger partial charge in [-0.1, -0.05) is 48.2 Å². The van der Waals surface area contributed by atoms with Gasteiger partial charge in [0.1, 0.15) is 11.6 Å². The van der Waals surface area contributed by atoms with Crippen LogP contribution in [0.15, 0.2) is 72.4 Å². The van der Waals surface area contributed by atoms with Crippen LogP contribution in [-0.2, 0) is 6.54 Å². The normalized spacial score (nSPS) is 10.7. The molecule has 0 aliphatic heterocycles. The molecule has 0 bridgehead atoms. The highest BCUT2D eigenvalue weighted by atomic mass is 32.2. The van der Waals surface area contributed by atoms with Crippen LogP contribution in [-0.4, -0.2) is 27.1 Å². The van der Waals surface area contributed by atoms with Crippen molar-refractivity contribution in [1.82, 2.24) is 14.8 Å². The highest BCUT2D eigenvalue weighted by Crippen LogP contribution is 2.26. The van der Waals surface area contributed by atoms with E-state index in [0.717, 1.165) is 23.1 Å². The van der Waals surface area contributed by atoms with E-state index >= 15 is 0 Å². The summed E-state index contributed by atoms with van der Waals surface area (Å²) in [6, 6.07) is 16.3. The first kappa shape index (κ1) is 18.2. The fourth-order valence-corrected chi connectivity index (χ4v) is 3.32. The van der Waals surface area contributed by atoms with Crippen molar-refractivity contribution in [1.29, 1.82) is 0 Å². The molecule has 0 aliphatic carbocycles. The maximum absolute atomic E-state index is 14.1. The minimum atomic E-state index is -0.307. The van der Waals surface area contributed by atoms with E-state index in [-0.39, 0.29) is 5.82 Å². The second kappa shape index (κ2) is 9.20. The Kier molecular flexibility index (Phi) is 6.44. The van der Waals surface area contributed by atoms with E-state index in [9.17, 15) is 4.39 Å². The Hall–Kier alpha value is -2.60. The van der Waals surface area contributed by atoms with E-state index in [2.05, 4.69) is 16.8 Å². The molecule has 0 saturated heterocycles. The van der Waals surface area contributed by atoms with E-state index in [4.69, 9.17) is 4.74 Å². The van der Waals surface area contributed by atoms with Crippen LogP contribution in [0.4, 0.5) is 4.39 Å². The van der Waals surface area contributed by atoms with Crippen LogP contribution in [0.3, 0.4) is 0 Å². The van der Waals surface area contributed by atoms with Gasteiger partial charge in [0.25, 0.3) is 0 Å². The first-order valence-corrected chi connectivity index (χ1v) is 9.38. The summed E-state index contributed by atoms with van der Waals surface area (Å²) in [5, 5.41) is 9.17. The van der Waals surface area contributed by atoms with Crippen molar-refractivity contribution in [3.63, 3.8) is 0 Å². The molecular formula is C20H20FN3OS. The average Bonchev–Trinajstić information content (AvgIpc) is 3.06. The Labute approximate surface area is 156 Å². The van der Waals surface area contributed by atoms with E-state index < -0.39 is 0 Å². The predicted octanol–water partition coefficient (Wildman–Crippen LogP) is 4.83. The van der Waals surface area contributed by atoms with E-state index in [0.29, 0.717) is 24.5 Å². The number of allylic oxidation sites excluding steroid dienone is 1. The molecule has 0 spiro atoms. The molecule has 0 radical (unpaired) electrons. The third kappa shape index (κ3) is 4.52. The number of hydrogen-bond donors (Lipinski definition) is 0. The Morgan fingerprint density at radius 1 is 1.08 bits per heavy atom. The summed E-state index contributed by atoms with van der Waals surface area (Å²) in [7, 11) is 0. The number of halogens is 1. The van der Waals surface area contributed by atoms with Gasteiger partial charge in [0, 0.05) is 12.3 Å². The molecule has 26 heavy (non-hydrogen) atoms. The average molecular weight is 369 g/mol. The molecule has 0 aliphatic rings. The molecule has 2 aromatic carbocycles. The van der Waals surface area contributed by atoms with Crippen molar-refractivity contribution >= 4 is 11.8 Å². The molecule has 0 N–H and O–H groups in total. The van der Waals surface area contributed by atoms with Gasteiger partial charge in [-0.05, 0) is 30.7 Å². The van der Waals surface area contributed by atoms with Crippen LogP contribution >= 0.6 is 11.8 Å². The minimum absolute atomic E-state index is 0.307. The molecule has 3 rings (SSSR count). The lowest BCUT2D eigenvalue weighted by Gasteiger charge is -2.09. The summed E-state index contributed by atoms with van der Waals surface area (Å²) < 4.78 is 21.7. The number of para-hydroxylation sites is 1. The first-order chi connectivity index (χ1) is 12.8. The highest BCUT2D eigenvalue weighted by Gasteiger charge is 2.16. The smallest absolute Gasteiger partial charge is 0.191 e. The SMILES string of the molecule is C=CCn1c(SCCCOc2ccccc2)nnc1-c1ccccc1F. The zero-order chi connectivity index (χ0) is 18.2. The molecular weight excluding hydrogens is 349 g/mol.